The van der Waals surface area contributed by atoms with Gasteiger partial charge in [-0.25, -0.2) is 0 Å². The molecule has 2 heterocycles. The topological polar surface area (TPSA) is 79.1 Å². The molecule has 1 aromatic heterocycles. The van der Waals surface area contributed by atoms with Gasteiger partial charge in [-0.2, -0.15) is 9.97 Å². The maximum atomic E-state index is 5.84. The summed E-state index contributed by atoms with van der Waals surface area (Å²) in [5.74, 6) is 1.88. The van der Waals surface area contributed by atoms with Gasteiger partial charge in [-0.1, -0.05) is 18.2 Å². The Hall–Kier alpha value is -2.34. The fourth-order valence-electron chi connectivity index (χ4n) is 2.55. The summed E-state index contributed by atoms with van der Waals surface area (Å²) in [6, 6.07) is 12.4. The minimum Gasteiger partial charge on any atom is -0.368 e. The van der Waals surface area contributed by atoms with E-state index in [1.54, 1.807) is 0 Å². The summed E-state index contributed by atoms with van der Waals surface area (Å²) in [6.07, 6.45) is 1.11. The molecule has 0 spiro atoms. The number of nitrogens with one attached hydrogen (secondary N) is 2. The number of aromatic nitrogens is 2. The first kappa shape index (κ1) is 13.6. The normalized spacial score (nSPS) is 18.0. The van der Waals surface area contributed by atoms with E-state index in [0.717, 1.165) is 36.8 Å². The Morgan fingerprint density at radius 1 is 1.24 bits per heavy atom. The molecule has 0 radical (unpaired) electrons. The molecule has 0 saturated carbocycles. The van der Waals surface area contributed by atoms with Gasteiger partial charge in [-0.3, -0.25) is 0 Å². The zero-order valence-electron chi connectivity index (χ0n) is 12.1. The minimum absolute atomic E-state index is 0.291. The van der Waals surface area contributed by atoms with Crippen molar-refractivity contribution in [2.75, 3.05) is 36.1 Å². The fourth-order valence-corrected chi connectivity index (χ4v) is 2.55. The molecule has 110 valence electrons. The zero-order chi connectivity index (χ0) is 14.7. The summed E-state index contributed by atoms with van der Waals surface area (Å²) in [5, 5.41) is 6.56. The molecule has 0 bridgehead atoms. The van der Waals surface area contributed by atoms with E-state index < -0.39 is 0 Å². The number of hydrogen-bond donors (Lipinski definition) is 3. The number of nitrogens with zero attached hydrogens (tertiary/aromatic N) is 3. The van der Waals surface area contributed by atoms with Crippen molar-refractivity contribution in [2.24, 2.45) is 0 Å². The van der Waals surface area contributed by atoms with Crippen molar-refractivity contribution < 1.29 is 0 Å². The van der Waals surface area contributed by atoms with E-state index in [2.05, 4.69) is 25.5 Å². The molecule has 1 fully saturated rings. The number of anilines is 4. The largest absolute Gasteiger partial charge is 0.368 e. The lowest BCUT2D eigenvalue weighted by molar-refractivity contribution is 0.616. The predicted molar refractivity (Wildman–Crippen MR) is 85.8 cm³/mol. The van der Waals surface area contributed by atoms with Gasteiger partial charge in [0.15, 0.2) is 0 Å². The van der Waals surface area contributed by atoms with Gasteiger partial charge >= 0.3 is 0 Å². The Kier molecular flexibility index (Phi) is 3.87. The highest BCUT2D eigenvalue weighted by molar-refractivity contribution is 5.61. The molecule has 4 N–H and O–H groups in total. The van der Waals surface area contributed by atoms with Crippen LogP contribution in [-0.2, 0) is 0 Å². The highest BCUT2D eigenvalue weighted by Crippen LogP contribution is 2.23. The van der Waals surface area contributed by atoms with Crippen molar-refractivity contribution in [3.8, 4) is 0 Å². The van der Waals surface area contributed by atoms with Gasteiger partial charge in [0.1, 0.15) is 11.6 Å². The van der Waals surface area contributed by atoms with Gasteiger partial charge in [0.25, 0.3) is 0 Å². The summed E-state index contributed by atoms with van der Waals surface area (Å²) in [5.41, 5.74) is 6.83. The molecule has 1 aromatic carbocycles. The smallest absolute Gasteiger partial charge is 0.223 e. The molecular weight excluding hydrogens is 264 g/mol. The highest BCUT2D eigenvalue weighted by Gasteiger charge is 2.22. The Morgan fingerprint density at radius 2 is 2.05 bits per heavy atom. The summed E-state index contributed by atoms with van der Waals surface area (Å²) >= 11 is 0. The third-order valence-corrected chi connectivity index (χ3v) is 3.70. The van der Waals surface area contributed by atoms with E-state index in [1.807, 2.05) is 43.4 Å². The van der Waals surface area contributed by atoms with Crippen LogP contribution in [0, 0.1) is 0 Å². The van der Waals surface area contributed by atoms with Crippen LogP contribution in [0.2, 0.25) is 0 Å². The standard InChI is InChI=1S/C15H20N6/c1-17-12-7-8-21(10-12)14-9-13(19-15(16)20-14)18-11-5-3-2-4-6-11/h2-6,9,12,17H,7-8,10H2,1H3,(H3,16,18,19,20)/t12-/m0/s1. The average Bonchev–Trinajstić information content (AvgIpc) is 2.97. The van der Waals surface area contributed by atoms with Crippen molar-refractivity contribution in [3.63, 3.8) is 0 Å². The second-order valence-electron chi connectivity index (χ2n) is 5.18. The maximum Gasteiger partial charge on any atom is 0.223 e. The zero-order valence-corrected chi connectivity index (χ0v) is 12.1. The van der Waals surface area contributed by atoms with E-state index in [-0.39, 0.29) is 0 Å². The van der Waals surface area contributed by atoms with Crippen LogP contribution in [-0.4, -0.2) is 36.1 Å². The van der Waals surface area contributed by atoms with Crippen LogP contribution < -0.4 is 21.3 Å². The number of para-hydroxylation sites is 1. The third-order valence-electron chi connectivity index (χ3n) is 3.70. The van der Waals surface area contributed by atoms with Crippen LogP contribution in [0.5, 0.6) is 0 Å². The molecular formula is C15H20N6. The maximum absolute atomic E-state index is 5.84. The van der Waals surface area contributed by atoms with E-state index in [1.165, 1.54) is 0 Å². The van der Waals surface area contributed by atoms with E-state index >= 15 is 0 Å². The molecule has 3 rings (SSSR count). The number of nitrogen functional groups attached to an aromatic ring is 1. The SMILES string of the molecule is CN[C@H]1CCN(c2cc(Nc3ccccc3)nc(N)n2)C1. The second-order valence-corrected chi connectivity index (χ2v) is 5.18. The first-order valence-corrected chi connectivity index (χ1v) is 7.13. The van der Waals surface area contributed by atoms with Crippen molar-refractivity contribution >= 4 is 23.3 Å². The quantitative estimate of drug-likeness (QED) is 0.791. The molecule has 1 aliphatic rings. The molecule has 21 heavy (non-hydrogen) atoms. The Balaban J connectivity index is 1.80. The number of benzene rings is 1. The van der Waals surface area contributed by atoms with Gasteiger partial charge in [0, 0.05) is 30.9 Å². The molecule has 1 saturated heterocycles. The molecule has 6 heteroatoms. The van der Waals surface area contributed by atoms with Gasteiger partial charge in [-0.15, -0.1) is 0 Å². The van der Waals surface area contributed by atoms with Crippen molar-refractivity contribution in [1.82, 2.24) is 15.3 Å². The van der Waals surface area contributed by atoms with E-state index in [4.69, 9.17) is 5.73 Å². The first-order chi connectivity index (χ1) is 10.2. The molecule has 6 nitrogen and oxygen atoms in total. The second kappa shape index (κ2) is 5.97. The van der Waals surface area contributed by atoms with Crippen LogP contribution in [0.25, 0.3) is 0 Å². The number of hydrogen-bond acceptors (Lipinski definition) is 6. The van der Waals surface area contributed by atoms with Gasteiger partial charge in [0.05, 0.1) is 0 Å². The molecule has 1 atom stereocenters. The van der Waals surface area contributed by atoms with Gasteiger partial charge < -0.3 is 21.3 Å². The minimum atomic E-state index is 0.291. The van der Waals surface area contributed by atoms with Crippen LogP contribution in [0.15, 0.2) is 36.4 Å². The lowest BCUT2D eigenvalue weighted by atomic mass is 10.3. The number of nitrogens with two attached hydrogens (primary N) is 1. The molecule has 0 amide bonds. The lowest BCUT2D eigenvalue weighted by Gasteiger charge is -2.18. The fraction of sp³-hybridized carbons (Fsp3) is 0.333. The molecule has 1 aliphatic heterocycles. The Labute approximate surface area is 124 Å². The van der Waals surface area contributed by atoms with Gasteiger partial charge in [0.2, 0.25) is 5.95 Å². The first-order valence-electron chi connectivity index (χ1n) is 7.13. The van der Waals surface area contributed by atoms with Gasteiger partial charge in [-0.05, 0) is 25.6 Å². The predicted octanol–water partition coefficient (Wildman–Crippen LogP) is 1.60. The Morgan fingerprint density at radius 3 is 2.76 bits per heavy atom. The molecule has 0 aliphatic carbocycles. The Bertz CT molecular complexity index is 600. The van der Waals surface area contributed by atoms with E-state index in [9.17, 15) is 0 Å². The summed E-state index contributed by atoms with van der Waals surface area (Å²) in [6.45, 7) is 1.92. The van der Waals surface area contributed by atoms with E-state index in [0.29, 0.717) is 12.0 Å². The monoisotopic (exact) mass is 284 g/mol. The highest BCUT2D eigenvalue weighted by atomic mass is 15.3. The van der Waals surface area contributed by atoms with Crippen LogP contribution in [0.4, 0.5) is 23.3 Å². The molecule has 2 aromatic rings. The van der Waals surface area contributed by atoms with Crippen LogP contribution in [0.1, 0.15) is 6.42 Å². The lowest BCUT2D eigenvalue weighted by Crippen LogP contribution is -2.30. The van der Waals surface area contributed by atoms with Crippen molar-refractivity contribution in [2.45, 2.75) is 12.5 Å². The average molecular weight is 284 g/mol. The van der Waals surface area contributed by atoms with Crippen LogP contribution >= 0.6 is 0 Å². The number of likely N-dealkylation sites (N-methyl/N-ethyl adjacent to an activating group) is 1. The summed E-state index contributed by atoms with van der Waals surface area (Å²) < 4.78 is 0. The van der Waals surface area contributed by atoms with Crippen molar-refractivity contribution in [3.05, 3.63) is 36.4 Å². The van der Waals surface area contributed by atoms with Crippen molar-refractivity contribution in [1.29, 1.82) is 0 Å². The number of rotatable bonds is 4. The molecule has 0 unspecified atom stereocenters. The third kappa shape index (κ3) is 3.22. The van der Waals surface area contributed by atoms with Crippen LogP contribution in [0.3, 0.4) is 0 Å². The summed E-state index contributed by atoms with van der Waals surface area (Å²) in [4.78, 5) is 10.8. The summed E-state index contributed by atoms with van der Waals surface area (Å²) in [7, 11) is 1.99.